The maximum absolute atomic E-state index is 11.8. The van der Waals surface area contributed by atoms with E-state index in [0.717, 1.165) is 3.57 Å². The first-order valence-corrected chi connectivity index (χ1v) is 6.51. The van der Waals surface area contributed by atoms with E-state index < -0.39 is 24.0 Å². The zero-order valence-corrected chi connectivity index (χ0v) is 12.6. The molecule has 0 saturated carbocycles. The molecule has 1 rings (SSSR count). The highest BCUT2D eigenvalue weighted by Crippen LogP contribution is 2.13. The molecule has 1 aromatic carbocycles. The fraction of sp³-hybridized carbons (Fsp3) is 0.250. The van der Waals surface area contributed by atoms with Crippen molar-refractivity contribution in [2.24, 2.45) is 0 Å². The van der Waals surface area contributed by atoms with Gasteiger partial charge in [-0.1, -0.05) is 12.1 Å². The van der Waals surface area contributed by atoms with Crippen LogP contribution in [0, 0.1) is 3.57 Å². The van der Waals surface area contributed by atoms with Gasteiger partial charge in [-0.15, -0.1) is 0 Å². The Kier molecular flexibility index (Phi) is 5.74. The summed E-state index contributed by atoms with van der Waals surface area (Å²) < 4.78 is 5.71. The van der Waals surface area contributed by atoms with Gasteiger partial charge >= 0.3 is 12.0 Å². The number of rotatable bonds is 3. The zero-order valence-electron chi connectivity index (χ0n) is 10.4. The van der Waals surface area contributed by atoms with E-state index in [9.17, 15) is 14.4 Å². The van der Waals surface area contributed by atoms with Crippen LogP contribution in [-0.4, -0.2) is 31.1 Å². The van der Waals surface area contributed by atoms with Crippen LogP contribution in [0.5, 0.6) is 0 Å². The number of esters is 1. The van der Waals surface area contributed by atoms with Crippen molar-refractivity contribution in [1.82, 2.24) is 10.6 Å². The number of hydrogen-bond acceptors (Lipinski definition) is 4. The number of ether oxygens (including phenoxy) is 1. The number of imide groups is 1. The minimum absolute atomic E-state index is 0.377. The Morgan fingerprint density at radius 1 is 1.26 bits per heavy atom. The van der Waals surface area contributed by atoms with Crippen molar-refractivity contribution in [3.8, 4) is 0 Å². The first-order chi connectivity index (χ1) is 8.95. The van der Waals surface area contributed by atoms with E-state index in [0.29, 0.717) is 5.56 Å². The Morgan fingerprint density at radius 2 is 1.89 bits per heavy atom. The molecule has 7 heteroatoms. The predicted octanol–water partition coefficient (Wildman–Crippen LogP) is 1.29. The highest BCUT2D eigenvalue weighted by molar-refractivity contribution is 14.1. The molecule has 0 aliphatic carbocycles. The first-order valence-electron chi connectivity index (χ1n) is 5.43. The molecule has 102 valence electrons. The van der Waals surface area contributed by atoms with Crippen LogP contribution in [0.4, 0.5) is 4.79 Å². The standard InChI is InChI=1S/C12H13IN2O4/c1-7(10(16)15-12(18)14-2)19-11(17)8-5-3-4-6-9(8)13/h3-7H,1-2H3,(H2,14,15,16,18). The van der Waals surface area contributed by atoms with Crippen molar-refractivity contribution in [1.29, 1.82) is 0 Å². The van der Waals surface area contributed by atoms with Gasteiger partial charge < -0.3 is 10.1 Å². The molecule has 0 radical (unpaired) electrons. The lowest BCUT2D eigenvalue weighted by Crippen LogP contribution is -2.43. The van der Waals surface area contributed by atoms with Gasteiger partial charge in [0.1, 0.15) is 0 Å². The maximum atomic E-state index is 11.8. The van der Waals surface area contributed by atoms with Gasteiger partial charge in [-0.2, -0.15) is 0 Å². The van der Waals surface area contributed by atoms with Crippen LogP contribution in [0.15, 0.2) is 24.3 Å². The van der Waals surface area contributed by atoms with Gasteiger partial charge in [-0.3, -0.25) is 10.1 Å². The average molecular weight is 376 g/mol. The molecule has 19 heavy (non-hydrogen) atoms. The van der Waals surface area contributed by atoms with Crippen molar-refractivity contribution >= 4 is 40.5 Å². The Labute approximate surface area is 124 Å². The number of benzene rings is 1. The third-order valence-corrected chi connectivity index (χ3v) is 3.15. The lowest BCUT2D eigenvalue weighted by Gasteiger charge is -2.13. The van der Waals surface area contributed by atoms with Crippen LogP contribution in [0.2, 0.25) is 0 Å². The molecule has 0 aromatic heterocycles. The Balaban J connectivity index is 2.64. The van der Waals surface area contributed by atoms with E-state index in [4.69, 9.17) is 4.74 Å². The quantitative estimate of drug-likeness (QED) is 0.615. The summed E-state index contributed by atoms with van der Waals surface area (Å²) in [6.45, 7) is 1.39. The summed E-state index contributed by atoms with van der Waals surface area (Å²) in [5, 5.41) is 4.27. The zero-order chi connectivity index (χ0) is 14.4. The number of carbonyl (C=O) groups excluding carboxylic acids is 3. The summed E-state index contributed by atoms with van der Waals surface area (Å²) in [5.74, 6) is -1.29. The Morgan fingerprint density at radius 3 is 2.47 bits per heavy atom. The predicted molar refractivity (Wildman–Crippen MR) is 76.6 cm³/mol. The molecule has 0 spiro atoms. The summed E-state index contributed by atoms with van der Waals surface area (Å²) in [7, 11) is 1.38. The second kappa shape index (κ2) is 7.07. The normalized spacial score (nSPS) is 11.3. The average Bonchev–Trinajstić information content (AvgIpc) is 2.38. The molecule has 0 saturated heterocycles. The Bertz CT molecular complexity index is 504. The number of urea groups is 1. The smallest absolute Gasteiger partial charge is 0.339 e. The largest absolute Gasteiger partial charge is 0.449 e. The molecular weight excluding hydrogens is 363 g/mol. The molecule has 1 aromatic rings. The molecule has 0 fully saturated rings. The van der Waals surface area contributed by atoms with Crippen LogP contribution < -0.4 is 10.6 Å². The fourth-order valence-corrected chi connectivity index (χ4v) is 1.79. The Hall–Kier alpha value is -1.64. The van der Waals surface area contributed by atoms with Crippen molar-refractivity contribution in [2.45, 2.75) is 13.0 Å². The van der Waals surface area contributed by atoms with Crippen molar-refractivity contribution in [3.05, 3.63) is 33.4 Å². The first kappa shape index (κ1) is 15.4. The van der Waals surface area contributed by atoms with Crippen LogP contribution in [0.1, 0.15) is 17.3 Å². The lowest BCUT2D eigenvalue weighted by molar-refractivity contribution is -0.127. The van der Waals surface area contributed by atoms with Crippen LogP contribution in [0.3, 0.4) is 0 Å². The molecule has 1 atom stereocenters. The van der Waals surface area contributed by atoms with Gasteiger partial charge in [0.15, 0.2) is 6.10 Å². The number of halogens is 1. The molecule has 0 aliphatic rings. The summed E-state index contributed by atoms with van der Waals surface area (Å²) in [6, 6.07) is 6.20. The topological polar surface area (TPSA) is 84.5 Å². The van der Waals surface area contributed by atoms with Gasteiger partial charge in [0, 0.05) is 10.6 Å². The van der Waals surface area contributed by atoms with E-state index in [-0.39, 0.29) is 0 Å². The van der Waals surface area contributed by atoms with Crippen LogP contribution in [0.25, 0.3) is 0 Å². The highest BCUT2D eigenvalue weighted by Gasteiger charge is 2.21. The van der Waals surface area contributed by atoms with Crippen molar-refractivity contribution < 1.29 is 19.1 Å². The van der Waals surface area contributed by atoms with Crippen LogP contribution >= 0.6 is 22.6 Å². The van der Waals surface area contributed by atoms with E-state index in [1.165, 1.54) is 14.0 Å². The number of nitrogens with one attached hydrogen (secondary N) is 2. The number of amides is 3. The van der Waals surface area contributed by atoms with Gasteiger partial charge in [0.2, 0.25) is 0 Å². The fourth-order valence-electron chi connectivity index (χ4n) is 1.18. The van der Waals surface area contributed by atoms with Gasteiger partial charge in [0.25, 0.3) is 5.91 Å². The summed E-state index contributed by atoms with van der Waals surface area (Å²) in [4.78, 5) is 34.3. The SMILES string of the molecule is CNC(=O)NC(=O)C(C)OC(=O)c1ccccc1I. The monoisotopic (exact) mass is 376 g/mol. The highest BCUT2D eigenvalue weighted by atomic mass is 127. The minimum Gasteiger partial charge on any atom is -0.449 e. The van der Waals surface area contributed by atoms with Gasteiger partial charge in [-0.25, -0.2) is 9.59 Å². The van der Waals surface area contributed by atoms with Gasteiger partial charge in [-0.05, 0) is 41.6 Å². The maximum Gasteiger partial charge on any atom is 0.339 e. The van der Waals surface area contributed by atoms with Gasteiger partial charge in [0.05, 0.1) is 5.56 Å². The van der Waals surface area contributed by atoms with E-state index in [2.05, 4.69) is 5.32 Å². The number of carbonyl (C=O) groups is 3. The van der Waals surface area contributed by atoms with Crippen LogP contribution in [-0.2, 0) is 9.53 Å². The molecule has 2 N–H and O–H groups in total. The minimum atomic E-state index is -1.05. The molecule has 1 unspecified atom stereocenters. The molecule has 0 bridgehead atoms. The van der Waals surface area contributed by atoms with E-state index in [1.807, 2.05) is 27.9 Å². The molecule has 3 amide bonds. The second-order valence-electron chi connectivity index (χ2n) is 3.60. The summed E-state index contributed by atoms with van der Waals surface area (Å²) in [5.41, 5.74) is 0.377. The molecular formula is C12H13IN2O4. The molecule has 0 aliphatic heterocycles. The summed E-state index contributed by atoms with van der Waals surface area (Å²) in [6.07, 6.45) is -1.05. The molecule has 0 heterocycles. The third-order valence-electron chi connectivity index (χ3n) is 2.21. The number of hydrogen-bond donors (Lipinski definition) is 2. The van der Waals surface area contributed by atoms with E-state index >= 15 is 0 Å². The van der Waals surface area contributed by atoms with Crippen molar-refractivity contribution in [2.75, 3.05) is 7.05 Å². The lowest BCUT2D eigenvalue weighted by atomic mass is 10.2. The third kappa shape index (κ3) is 4.51. The second-order valence-corrected chi connectivity index (χ2v) is 4.76. The molecule has 6 nitrogen and oxygen atoms in total. The van der Waals surface area contributed by atoms with E-state index in [1.54, 1.807) is 24.3 Å². The van der Waals surface area contributed by atoms with Crippen molar-refractivity contribution in [3.63, 3.8) is 0 Å². The summed E-state index contributed by atoms with van der Waals surface area (Å²) >= 11 is 2.00.